The van der Waals surface area contributed by atoms with Crippen LogP contribution >= 0.6 is 0 Å². The van der Waals surface area contributed by atoms with Crippen molar-refractivity contribution in [3.8, 4) is 11.5 Å². The smallest absolute Gasteiger partial charge is 0.490 e. The number of carbonyl (C=O) groups excluding carboxylic acids is 1. The van der Waals surface area contributed by atoms with E-state index in [1.54, 1.807) is 18.2 Å². The molecule has 0 aliphatic carbocycles. The summed E-state index contributed by atoms with van der Waals surface area (Å²) in [5, 5.41) is 17.8. The van der Waals surface area contributed by atoms with Crippen molar-refractivity contribution in [3.05, 3.63) is 40.2 Å². The normalized spacial score (nSPS) is 10.6. The Kier molecular flexibility index (Phi) is 5.39. The number of aromatic nitrogens is 3. The van der Waals surface area contributed by atoms with Gasteiger partial charge in [0, 0.05) is 5.10 Å². The number of nitrogens with zero attached hydrogens (tertiary/aromatic N) is 5. The molecule has 1 N–H and O–H groups in total. The average molecular weight is 334 g/mol. The van der Waals surface area contributed by atoms with E-state index in [0.29, 0.717) is 17.1 Å². The molecule has 0 unspecified atom stereocenters. The first-order valence-corrected chi connectivity index (χ1v) is 6.61. The van der Waals surface area contributed by atoms with Crippen molar-refractivity contribution in [1.82, 2.24) is 20.2 Å². The molecule has 1 amide bonds. The Balaban J connectivity index is 1.93. The van der Waals surface area contributed by atoms with Crippen LogP contribution in [-0.4, -0.2) is 46.0 Å². The fourth-order valence-electron chi connectivity index (χ4n) is 1.74. The van der Waals surface area contributed by atoms with Gasteiger partial charge in [0.1, 0.15) is 6.54 Å². The van der Waals surface area contributed by atoms with Crippen LogP contribution in [0, 0.1) is 10.1 Å². The summed E-state index contributed by atoms with van der Waals surface area (Å²) in [6, 6.07) is 5.13. The number of nitro groups is 1. The lowest BCUT2D eigenvalue weighted by atomic mass is 10.2. The Morgan fingerprint density at radius 1 is 1.42 bits per heavy atom. The summed E-state index contributed by atoms with van der Waals surface area (Å²) in [5.41, 5.74) is 2.97. The maximum absolute atomic E-state index is 11.7. The molecule has 0 saturated carbocycles. The van der Waals surface area contributed by atoms with Crippen molar-refractivity contribution < 1.29 is 19.2 Å². The van der Waals surface area contributed by atoms with Crippen molar-refractivity contribution in [2.75, 3.05) is 14.2 Å². The predicted molar refractivity (Wildman–Crippen MR) is 82.0 cm³/mol. The molecular formula is C13H14N6O5. The van der Waals surface area contributed by atoms with Gasteiger partial charge in [0.2, 0.25) is 6.33 Å². The highest BCUT2D eigenvalue weighted by atomic mass is 16.6. The number of ether oxygens (including phenoxy) is 2. The minimum Gasteiger partial charge on any atom is -0.493 e. The summed E-state index contributed by atoms with van der Waals surface area (Å²) in [6.07, 6.45) is 2.51. The molecule has 0 aliphatic rings. The monoisotopic (exact) mass is 334 g/mol. The molecular weight excluding hydrogens is 320 g/mol. The van der Waals surface area contributed by atoms with Crippen molar-refractivity contribution in [3.63, 3.8) is 0 Å². The number of hydrogen-bond donors (Lipinski definition) is 1. The van der Waals surface area contributed by atoms with Crippen LogP contribution in [0.4, 0.5) is 5.95 Å². The molecule has 2 aromatic rings. The van der Waals surface area contributed by atoms with Crippen LogP contribution < -0.4 is 14.9 Å². The molecule has 0 spiro atoms. The Labute approximate surface area is 136 Å². The van der Waals surface area contributed by atoms with Gasteiger partial charge in [0.05, 0.1) is 20.4 Å². The number of nitrogens with one attached hydrogen (secondary N) is 1. The second-order valence-electron chi connectivity index (χ2n) is 4.41. The van der Waals surface area contributed by atoms with Crippen molar-refractivity contribution in [2.45, 2.75) is 6.54 Å². The third kappa shape index (κ3) is 4.25. The second kappa shape index (κ2) is 7.67. The zero-order valence-corrected chi connectivity index (χ0v) is 12.9. The van der Waals surface area contributed by atoms with Crippen LogP contribution in [0.15, 0.2) is 29.6 Å². The molecule has 1 aromatic heterocycles. The molecule has 24 heavy (non-hydrogen) atoms. The molecule has 0 atom stereocenters. The summed E-state index contributed by atoms with van der Waals surface area (Å²) in [5.74, 6) is 0.0253. The highest BCUT2D eigenvalue weighted by molar-refractivity contribution is 5.83. The van der Waals surface area contributed by atoms with Gasteiger partial charge in [-0.3, -0.25) is 4.79 Å². The summed E-state index contributed by atoms with van der Waals surface area (Å²) >= 11 is 0. The molecule has 2 rings (SSSR count). The van der Waals surface area contributed by atoms with Gasteiger partial charge >= 0.3 is 5.95 Å². The fourth-order valence-corrected chi connectivity index (χ4v) is 1.74. The molecule has 0 saturated heterocycles. The molecule has 0 radical (unpaired) electrons. The molecule has 0 bridgehead atoms. The average Bonchev–Trinajstić information content (AvgIpc) is 3.03. The van der Waals surface area contributed by atoms with Crippen LogP contribution in [0.25, 0.3) is 0 Å². The van der Waals surface area contributed by atoms with E-state index in [2.05, 4.69) is 20.6 Å². The molecule has 0 aliphatic heterocycles. The van der Waals surface area contributed by atoms with Gasteiger partial charge in [-0.15, -0.1) is 0 Å². The predicted octanol–water partition coefficient (Wildman–Crippen LogP) is 0.354. The van der Waals surface area contributed by atoms with E-state index in [9.17, 15) is 14.9 Å². The van der Waals surface area contributed by atoms with Crippen molar-refractivity contribution in [2.24, 2.45) is 5.10 Å². The summed E-state index contributed by atoms with van der Waals surface area (Å²) in [7, 11) is 3.04. The van der Waals surface area contributed by atoms with E-state index < -0.39 is 16.8 Å². The van der Waals surface area contributed by atoms with E-state index in [1.165, 1.54) is 20.4 Å². The highest BCUT2D eigenvalue weighted by Gasteiger charge is 2.14. The number of methoxy groups -OCH3 is 2. The fraction of sp³-hybridized carbons (Fsp3) is 0.231. The third-order valence-electron chi connectivity index (χ3n) is 2.80. The SMILES string of the molecule is COc1ccc(/C=N\NC(=O)Cn2cnc([N+](=O)[O-])n2)cc1OC. The number of rotatable bonds is 7. The number of hydrazone groups is 1. The number of hydrogen-bond acceptors (Lipinski definition) is 8. The summed E-state index contributed by atoms with van der Waals surface area (Å²) in [4.78, 5) is 24.8. The van der Waals surface area contributed by atoms with Crippen LogP contribution in [0.3, 0.4) is 0 Å². The number of amides is 1. The van der Waals surface area contributed by atoms with Gasteiger partial charge < -0.3 is 19.6 Å². The Bertz CT molecular complexity index is 772. The Morgan fingerprint density at radius 3 is 2.79 bits per heavy atom. The van der Waals surface area contributed by atoms with Gasteiger partial charge in [-0.2, -0.15) is 9.78 Å². The number of benzene rings is 1. The van der Waals surface area contributed by atoms with Gasteiger partial charge in [0.15, 0.2) is 11.5 Å². The minimum atomic E-state index is -0.746. The zero-order chi connectivity index (χ0) is 17.5. The van der Waals surface area contributed by atoms with Crippen LogP contribution in [0.5, 0.6) is 11.5 Å². The number of carbonyl (C=O) groups is 1. The van der Waals surface area contributed by atoms with Crippen LogP contribution in [0.2, 0.25) is 0 Å². The Hall–Kier alpha value is -3.50. The lowest BCUT2D eigenvalue weighted by Crippen LogP contribution is -2.23. The summed E-state index contributed by atoms with van der Waals surface area (Å²) < 4.78 is 11.3. The largest absolute Gasteiger partial charge is 0.493 e. The topological polar surface area (TPSA) is 134 Å². The summed E-state index contributed by atoms with van der Waals surface area (Å²) in [6.45, 7) is -0.246. The lowest BCUT2D eigenvalue weighted by molar-refractivity contribution is -0.394. The van der Waals surface area contributed by atoms with Gasteiger partial charge in [-0.25, -0.2) is 5.43 Å². The first-order valence-electron chi connectivity index (χ1n) is 6.61. The molecule has 1 aromatic carbocycles. The maximum Gasteiger partial charge on any atom is 0.490 e. The van der Waals surface area contributed by atoms with E-state index in [1.807, 2.05) is 0 Å². The molecule has 11 heteroatoms. The minimum absolute atomic E-state index is 0.246. The van der Waals surface area contributed by atoms with Crippen molar-refractivity contribution >= 4 is 18.1 Å². The zero-order valence-electron chi connectivity index (χ0n) is 12.9. The van der Waals surface area contributed by atoms with E-state index >= 15 is 0 Å². The van der Waals surface area contributed by atoms with E-state index in [4.69, 9.17) is 9.47 Å². The van der Waals surface area contributed by atoms with Gasteiger partial charge in [0.25, 0.3) is 5.91 Å². The van der Waals surface area contributed by atoms with Crippen LogP contribution in [0.1, 0.15) is 5.56 Å². The third-order valence-corrected chi connectivity index (χ3v) is 2.80. The molecule has 0 fully saturated rings. The standard InChI is InChI=1S/C13H14N6O5/c1-23-10-4-3-9(5-11(10)24-2)6-15-16-12(20)7-18-8-14-13(17-18)19(21)22/h3-6,8H,7H2,1-2H3,(H,16,20)/b15-6-. The van der Waals surface area contributed by atoms with Gasteiger partial charge in [-0.05, 0) is 28.7 Å². The molecule has 1 heterocycles. The van der Waals surface area contributed by atoms with E-state index in [-0.39, 0.29) is 6.54 Å². The Morgan fingerprint density at radius 2 is 2.17 bits per heavy atom. The highest BCUT2D eigenvalue weighted by Crippen LogP contribution is 2.26. The maximum atomic E-state index is 11.7. The first kappa shape index (κ1) is 16.9. The second-order valence-corrected chi connectivity index (χ2v) is 4.41. The van der Waals surface area contributed by atoms with Gasteiger partial charge in [-0.1, -0.05) is 4.98 Å². The first-order chi connectivity index (χ1) is 11.5. The van der Waals surface area contributed by atoms with Crippen molar-refractivity contribution in [1.29, 1.82) is 0 Å². The quantitative estimate of drug-likeness (QED) is 0.439. The molecule has 126 valence electrons. The van der Waals surface area contributed by atoms with E-state index in [0.717, 1.165) is 11.0 Å². The van der Waals surface area contributed by atoms with Crippen LogP contribution in [-0.2, 0) is 11.3 Å². The molecule has 11 nitrogen and oxygen atoms in total. The lowest BCUT2D eigenvalue weighted by Gasteiger charge is -2.07.